The van der Waals surface area contributed by atoms with Crippen LogP contribution >= 0.6 is 11.6 Å². The van der Waals surface area contributed by atoms with Gasteiger partial charge in [0.1, 0.15) is 0 Å². The Morgan fingerprint density at radius 1 is 1.27 bits per heavy atom. The van der Waals surface area contributed by atoms with Crippen LogP contribution in [0.1, 0.15) is 46.5 Å². The van der Waals surface area contributed by atoms with Gasteiger partial charge in [0.25, 0.3) is 0 Å². The van der Waals surface area contributed by atoms with Gasteiger partial charge >= 0.3 is 0 Å². The molecule has 0 rings (SSSR count). The fourth-order valence-electron chi connectivity index (χ4n) is 1.26. The zero-order valence-corrected chi connectivity index (χ0v) is 10.9. The van der Waals surface area contributed by atoms with Crippen LogP contribution in [0.5, 0.6) is 0 Å². The van der Waals surface area contributed by atoms with Crippen molar-refractivity contribution in [3.8, 4) is 0 Å². The molecule has 0 aromatic rings. The molecule has 0 aromatic heterocycles. The molecular formula is C12H24ClNO. The maximum atomic E-state index is 11.3. The van der Waals surface area contributed by atoms with E-state index in [9.17, 15) is 4.79 Å². The summed E-state index contributed by atoms with van der Waals surface area (Å²) in [5.41, 5.74) is 0. The summed E-state index contributed by atoms with van der Waals surface area (Å²) < 4.78 is 0. The summed E-state index contributed by atoms with van der Waals surface area (Å²) >= 11 is 5.69. The second kappa shape index (κ2) is 9.02. The van der Waals surface area contributed by atoms with Gasteiger partial charge in [-0.3, -0.25) is 4.79 Å². The van der Waals surface area contributed by atoms with Gasteiger partial charge in [0.2, 0.25) is 5.91 Å². The number of alkyl halides is 1. The number of amides is 1. The molecule has 0 aromatic carbocycles. The minimum Gasteiger partial charge on any atom is -0.356 e. The third kappa shape index (κ3) is 10.1. The van der Waals surface area contributed by atoms with Crippen molar-refractivity contribution in [1.29, 1.82) is 0 Å². The smallest absolute Gasteiger partial charge is 0.220 e. The normalized spacial score (nSPS) is 12.9. The van der Waals surface area contributed by atoms with Crippen molar-refractivity contribution in [1.82, 2.24) is 5.32 Å². The van der Waals surface area contributed by atoms with E-state index < -0.39 is 0 Å². The standard InChI is InChI=1S/C12H24ClNO/c1-10(2)6-7-12(15)14-8-4-5-11(3)9-13/h10-11H,4-9H2,1-3H3,(H,14,15). The molecule has 0 radical (unpaired) electrons. The molecule has 15 heavy (non-hydrogen) atoms. The van der Waals surface area contributed by atoms with E-state index in [4.69, 9.17) is 11.6 Å². The Labute approximate surface area is 98.8 Å². The predicted molar refractivity (Wildman–Crippen MR) is 66.2 cm³/mol. The molecule has 0 heterocycles. The quantitative estimate of drug-likeness (QED) is 0.506. The number of carbonyl (C=O) groups is 1. The summed E-state index contributed by atoms with van der Waals surface area (Å²) in [5, 5.41) is 2.94. The van der Waals surface area contributed by atoms with Gasteiger partial charge in [0, 0.05) is 18.8 Å². The lowest BCUT2D eigenvalue weighted by atomic mass is 10.1. The largest absolute Gasteiger partial charge is 0.356 e. The van der Waals surface area contributed by atoms with Crippen LogP contribution in [0.25, 0.3) is 0 Å². The fourth-order valence-corrected chi connectivity index (χ4v) is 1.42. The van der Waals surface area contributed by atoms with Crippen LogP contribution in [0, 0.1) is 11.8 Å². The van der Waals surface area contributed by atoms with Crippen LogP contribution in [0.3, 0.4) is 0 Å². The Morgan fingerprint density at radius 2 is 1.93 bits per heavy atom. The highest BCUT2D eigenvalue weighted by Crippen LogP contribution is 2.06. The van der Waals surface area contributed by atoms with Gasteiger partial charge in [-0.05, 0) is 31.1 Å². The monoisotopic (exact) mass is 233 g/mol. The lowest BCUT2D eigenvalue weighted by Crippen LogP contribution is -2.24. The van der Waals surface area contributed by atoms with Gasteiger partial charge in [-0.2, -0.15) is 0 Å². The highest BCUT2D eigenvalue weighted by atomic mass is 35.5. The van der Waals surface area contributed by atoms with Crippen LogP contribution in [0.2, 0.25) is 0 Å². The van der Waals surface area contributed by atoms with Crippen LogP contribution in [0.15, 0.2) is 0 Å². The zero-order chi connectivity index (χ0) is 11.7. The number of halogens is 1. The van der Waals surface area contributed by atoms with Crippen LogP contribution in [-0.4, -0.2) is 18.3 Å². The number of hydrogen-bond donors (Lipinski definition) is 1. The molecule has 0 aliphatic rings. The van der Waals surface area contributed by atoms with Crippen molar-refractivity contribution in [2.45, 2.75) is 46.5 Å². The van der Waals surface area contributed by atoms with Crippen molar-refractivity contribution in [2.24, 2.45) is 11.8 Å². The number of hydrogen-bond acceptors (Lipinski definition) is 1. The first-order chi connectivity index (χ1) is 7.06. The Balaban J connectivity index is 3.31. The second-order valence-electron chi connectivity index (χ2n) is 4.68. The third-order valence-corrected chi connectivity index (χ3v) is 2.93. The second-order valence-corrected chi connectivity index (χ2v) is 4.99. The molecule has 1 atom stereocenters. The molecule has 0 aliphatic carbocycles. The zero-order valence-electron chi connectivity index (χ0n) is 10.2. The molecule has 1 amide bonds. The molecule has 0 spiro atoms. The molecule has 0 fully saturated rings. The summed E-state index contributed by atoms with van der Waals surface area (Å²) in [6, 6.07) is 0. The van der Waals surface area contributed by atoms with Crippen LogP contribution < -0.4 is 5.32 Å². The van der Waals surface area contributed by atoms with Crippen molar-refractivity contribution < 1.29 is 4.79 Å². The first kappa shape index (κ1) is 14.8. The van der Waals surface area contributed by atoms with E-state index in [-0.39, 0.29) is 5.91 Å². The van der Waals surface area contributed by atoms with E-state index in [0.717, 1.165) is 25.8 Å². The Morgan fingerprint density at radius 3 is 2.47 bits per heavy atom. The summed E-state index contributed by atoms with van der Waals surface area (Å²) in [5.74, 6) is 2.05. The van der Waals surface area contributed by atoms with Gasteiger partial charge in [-0.1, -0.05) is 20.8 Å². The minimum absolute atomic E-state index is 0.183. The minimum atomic E-state index is 0.183. The first-order valence-electron chi connectivity index (χ1n) is 5.89. The maximum absolute atomic E-state index is 11.3. The molecule has 1 unspecified atom stereocenters. The molecular weight excluding hydrogens is 210 g/mol. The molecule has 3 heteroatoms. The van der Waals surface area contributed by atoms with Crippen molar-refractivity contribution in [2.75, 3.05) is 12.4 Å². The van der Waals surface area contributed by atoms with E-state index >= 15 is 0 Å². The van der Waals surface area contributed by atoms with Gasteiger partial charge < -0.3 is 5.32 Å². The number of rotatable bonds is 8. The lowest BCUT2D eigenvalue weighted by Gasteiger charge is -2.08. The van der Waals surface area contributed by atoms with Gasteiger partial charge in [-0.15, -0.1) is 11.6 Å². The molecule has 90 valence electrons. The van der Waals surface area contributed by atoms with Gasteiger partial charge in [-0.25, -0.2) is 0 Å². The highest BCUT2D eigenvalue weighted by Gasteiger charge is 2.03. The molecule has 0 saturated carbocycles. The Hall–Kier alpha value is -0.240. The van der Waals surface area contributed by atoms with Crippen molar-refractivity contribution in [3.05, 3.63) is 0 Å². The number of carbonyl (C=O) groups excluding carboxylic acids is 1. The molecule has 1 N–H and O–H groups in total. The SMILES string of the molecule is CC(C)CCC(=O)NCCCC(C)CCl. The Bertz CT molecular complexity index is 171. The Kier molecular flexibility index (Phi) is 8.88. The number of nitrogens with one attached hydrogen (secondary N) is 1. The average molecular weight is 234 g/mol. The van der Waals surface area contributed by atoms with Crippen LogP contribution in [0.4, 0.5) is 0 Å². The summed E-state index contributed by atoms with van der Waals surface area (Å²) in [7, 11) is 0. The van der Waals surface area contributed by atoms with Crippen molar-refractivity contribution >= 4 is 17.5 Å². The lowest BCUT2D eigenvalue weighted by molar-refractivity contribution is -0.121. The van der Waals surface area contributed by atoms with E-state index in [1.54, 1.807) is 0 Å². The summed E-state index contributed by atoms with van der Waals surface area (Å²) in [6.45, 7) is 7.19. The highest BCUT2D eigenvalue weighted by molar-refractivity contribution is 6.18. The third-order valence-electron chi connectivity index (χ3n) is 2.41. The van der Waals surface area contributed by atoms with E-state index in [1.165, 1.54) is 0 Å². The molecule has 0 saturated heterocycles. The molecule has 0 bridgehead atoms. The van der Waals surface area contributed by atoms with Gasteiger partial charge in [0.15, 0.2) is 0 Å². The van der Waals surface area contributed by atoms with E-state index in [2.05, 4.69) is 26.1 Å². The summed E-state index contributed by atoms with van der Waals surface area (Å²) in [4.78, 5) is 11.3. The average Bonchev–Trinajstić information content (AvgIpc) is 2.21. The van der Waals surface area contributed by atoms with E-state index in [0.29, 0.717) is 24.1 Å². The molecule has 0 aliphatic heterocycles. The predicted octanol–water partition coefficient (Wildman–Crippen LogP) is 3.19. The summed E-state index contributed by atoms with van der Waals surface area (Å²) in [6.07, 6.45) is 3.75. The fraction of sp³-hybridized carbons (Fsp3) is 0.917. The first-order valence-corrected chi connectivity index (χ1v) is 6.42. The maximum Gasteiger partial charge on any atom is 0.220 e. The van der Waals surface area contributed by atoms with Crippen LogP contribution in [-0.2, 0) is 4.79 Å². The topological polar surface area (TPSA) is 29.1 Å². The molecule has 2 nitrogen and oxygen atoms in total. The van der Waals surface area contributed by atoms with Crippen molar-refractivity contribution in [3.63, 3.8) is 0 Å². The van der Waals surface area contributed by atoms with E-state index in [1.807, 2.05) is 0 Å². The van der Waals surface area contributed by atoms with Gasteiger partial charge in [0.05, 0.1) is 0 Å².